The third-order valence-corrected chi connectivity index (χ3v) is 5.77. The molecule has 4 aromatic rings. The van der Waals surface area contributed by atoms with E-state index >= 15 is 0 Å². The third-order valence-electron chi connectivity index (χ3n) is 4.85. The van der Waals surface area contributed by atoms with Gasteiger partial charge in [-0.25, -0.2) is 4.68 Å². The summed E-state index contributed by atoms with van der Waals surface area (Å²) < 4.78 is 27.4. The van der Waals surface area contributed by atoms with Gasteiger partial charge >= 0.3 is 0 Å². The van der Waals surface area contributed by atoms with Crippen molar-refractivity contribution in [3.05, 3.63) is 41.0 Å². The number of nitrogens with zero attached hydrogens (tertiary/aromatic N) is 5. The first-order valence-corrected chi connectivity index (χ1v) is 10.8. The van der Waals surface area contributed by atoms with Crippen molar-refractivity contribution >= 4 is 34.0 Å². The molecule has 1 N–H and O–H groups in total. The summed E-state index contributed by atoms with van der Waals surface area (Å²) in [5.41, 5.74) is 2.68. The molecule has 0 spiro atoms. The van der Waals surface area contributed by atoms with Crippen LogP contribution in [0, 0.1) is 6.92 Å². The predicted octanol–water partition coefficient (Wildman–Crippen LogP) is 4.53. The number of hydrogen-bond acceptors (Lipinski definition) is 10. The van der Waals surface area contributed by atoms with Crippen LogP contribution in [-0.4, -0.2) is 52.8 Å². The lowest BCUT2D eigenvalue weighted by atomic mass is 10.2. The van der Waals surface area contributed by atoms with Crippen molar-refractivity contribution in [2.24, 2.45) is 0 Å². The highest BCUT2D eigenvalue weighted by Crippen LogP contribution is 2.36. The van der Waals surface area contributed by atoms with Crippen molar-refractivity contribution in [2.75, 3.05) is 33.8 Å². The second-order valence-corrected chi connectivity index (χ2v) is 7.87. The predicted molar refractivity (Wildman–Crippen MR) is 126 cm³/mol. The summed E-state index contributed by atoms with van der Waals surface area (Å²) in [7, 11) is 6.28. The first kappa shape index (κ1) is 22.6. The van der Waals surface area contributed by atoms with Crippen LogP contribution >= 0.6 is 23.1 Å². The van der Waals surface area contributed by atoms with E-state index < -0.39 is 0 Å². The lowest BCUT2D eigenvalue weighted by Gasteiger charge is -2.12. The molecule has 0 saturated carbocycles. The first-order valence-electron chi connectivity index (χ1n) is 9.66. The van der Waals surface area contributed by atoms with E-state index in [-0.39, 0.29) is 0 Å². The number of aromatic nitrogens is 5. The summed E-state index contributed by atoms with van der Waals surface area (Å²) in [5.74, 6) is 2.74. The van der Waals surface area contributed by atoms with Crippen LogP contribution in [0.2, 0.25) is 5.02 Å². The molecule has 0 unspecified atom stereocenters. The molecule has 12 heteroatoms. The first-order chi connectivity index (χ1) is 16.0. The molecular weight excluding hydrogens is 468 g/mol. The molecule has 0 amide bonds. The fraction of sp³-hybridized carbons (Fsp3) is 0.238. The highest BCUT2D eigenvalue weighted by molar-refractivity contribution is 7.09. The van der Waals surface area contributed by atoms with Crippen LogP contribution in [-0.2, 0) is 0 Å². The van der Waals surface area contributed by atoms with Crippen molar-refractivity contribution in [3.63, 3.8) is 0 Å². The summed E-state index contributed by atoms with van der Waals surface area (Å²) in [6, 6.07) is 8.91. The molecule has 0 aliphatic rings. The van der Waals surface area contributed by atoms with Gasteiger partial charge in [-0.2, -0.15) is 9.36 Å². The van der Waals surface area contributed by atoms with E-state index in [0.29, 0.717) is 50.4 Å². The molecule has 0 radical (unpaired) electrons. The highest BCUT2D eigenvalue weighted by Gasteiger charge is 2.20. The number of halogens is 1. The van der Waals surface area contributed by atoms with Crippen LogP contribution in [0.15, 0.2) is 30.3 Å². The fourth-order valence-corrected chi connectivity index (χ4v) is 4.01. The van der Waals surface area contributed by atoms with Gasteiger partial charge in [0.2, 0.25) is 5.13 Å². The van der Waals surface area contributed by atoms with Crippen LogP contribution in [0.3, 0.4) is 0 Å². The minimum Gasteiger partial charge on any atom is -0.495 e. The number of rotatable bonds is 8. The number of ether oxygens (including phenoxy) is 4. The van der Waals surface area contributed by atoms with Gasteiger partial charge in [-0.05, 0) is 25.1 Å². The van der Waals surface area contributed by atoms with E-state index in [2.05, 4.69) is 25.0 Å². The van der Waals surface area contributed by atoms with Gasteiger partial charge in [0.05, 0.1) is 39.2 Å². The number of hydrogen-bond donors (Lipinski definition) is 1. The smallest absolute Gasteiger partial charge is 0.207 e. The van der Waals surface area contributed by atoms with E-state index in [9.17, 15) is 0 Å². The Morgan fingerprint density at radius 1 is 0.909 bits per heavy atom. The molecule has 4 rings (SSSR count). The zero-order valence-corrected chi connectivity index (χ0v) is 20.1. The third kappa shape index (κ3) is 4.37. The van der Waals surface area contributed by atoms with Crippen LogP contribution in [0.25, 0.3) is 17.2 Å². The molecule has 0 bridgehead atoms. The van der Waals surface area contributed by atoms with Gasteiger partial charge in [0.25, 0.3) is 0 Å². The summed E-state index contributed by atoms with van der Waals surface area (Å²) in [6.45, 7) is 1.87. The van der Waals surface area contributed by atoms with Crippen molar-refractivity contribution in [1.82, 2.24) is 24.4 Å². The molecule has 0 saturated heterocycles. The Kier molecular flexibility index (Phi) is 6.52. The number of anilines is 2. The average Bonchev–Trinajstić information content (AvgIpc) is 3.44. The average molecular weight is 489 g/mol. The Balaban J connectivity index is 1.63. The van der Waals surface area contributed by atoms with Gasteiger partial charge in [-0.15, -0.1) is 5.10 Å². The Morgan fingerprint density at radius 2 is 1.64 bits per heavy atom. The van der Waals surface area contributed by atoms with Gasteiger partial charge in [0.1, 0.15) is 17.2 Å². The van der Waals surface area contributed by atoms with E-state index in [4.69, 9.17) is 30.5 Å². The molecule has 0 aliphatic heterocycles. The molecule has 2 aromatic heterocycles. The Hall–Kier alpha value is -3.57. The van der Waals surface area contributed by atoms with Crippen LogP contribution in [0.1, 0.15) is 5.69 Å². The zero-order valence-electron chi connectivity index (χ0n) is 18.5. The van der Waals surface area contributed by atoms with Crippen LogP contribution < -0.4 is 24.3 Å². The normalized spacial score (nSPS) is 10.7. The largest absolute Gasteiger partial charge is 0.495 e. The Labute approximate surface area is 199 Å². The van der Waals surface area contributed by atoms with Gasteiger partial charge in [0.15, 0.2) is 23.0 Å². The maximum atomic E-state index is 6.32. The van der Waals surface area contributed by atoms with Gasteiger partial charge in [-0.1, -0.05) is 16.8 Å². The topological polar surface area (TPSA) is 105 Å². The SMILES string of the molecule is COc1cc(OC)c(-n2nnc(-c3nsc(Nc4ccc(OC)c(OC)c4)n3)c2C)cc1Cl. The summed E-state index contributed by atoms with van der Waals surface area (Å²) in [4.78, 5) is 4.56. The lowest BCUT2D eigenvalue weighted by Crippen LogP contribution is -2.03. The van der Waals surface area contributed by atoms with Gasteiger partial charge in [-0.3, -0.25) is 0 Å². The van der Waals surface area contributed by atoms with Crippen LogP contribution in [0.5, 0.6) is 23.0 Å². The van der Waals surface area contributed by atoms with Crippen molar-refractivity contribution in [1.29, 1.82) is 0 Å². The maximum Gasteiger partial charge on any atom is 0.207 e. The fourth-order valence-electron chi connectivity index (χ4n) is 3.18. The molecular formula is C21H21ClN6O4S. The molecule has 10 nitrogen and oxygen atoms in total. The number of nitrogens with one attached hydrogen (secondary N) is 1. The minimum atomic E-state index is 0.429. The van der Waals surface area contributed by atoms with E-state index in [1.807, 2.05) is 25.1 Å². The summed E-state index contributed by atoms with van der Waals surface area (Å²) >= 11 is 7.52. The molecule has 172 valence electrons. The van der Waals surface area contributed by atoms with Gasteiger partial charge < -0.3 is 24.3 Å². The molecule has 33 heavy (non-hydrogen) atoms. The maximum absolute atomic E-state index is 6.32. The van der Waals surface area contributed by atoms with Crippen molar-refractivity contribution < 1.29 is 18.9 Å². The van der Waals surface area contributed by atoms with Crippen molar-refractivity contribution in [2.45, 2.75) is 6.92 Å². The molecule has 0 atom stereocenters. The van der Waals surface area contributed by atoms with Gasteiger partial charge in [0, 0.05) is 29.4 Å². The second kappa shape index (κ2) is 9.51. The van der Waals surface area contributed by atoms with Crippen LogP contribution in [0.4, 0.5) is 10.8 Å². The standard InChI is InChI=1S/C21H21ClN6O4S/c1-11-19(25-27-28(11)14-9-13(22)16(30-3)10-17(14)31-4)20-24-21(33-26-20)23-12-6-7-15(29-2)18(8-12)32-5/h6-10H,1-5H3,(H,23,24,26). The number of methoxy groups -OCH3 is 4. The van der Waals surface area contributed by atoms with Crippen molar-refractivity contribution in [3.8, 4) is 40.2 Å². The Morgan fingerprint density at radius 3 is 2.33 bits per heavy atom. The Bertz CT molecular complexity index is 1290. The zero-order chi connectivity index (χ0) is 23.5. The van der Waals surface area contributed by atoms with E-state index in [1.54, 1.807) is 45.3 Å². The molecule has 0 aliphatic carbocycles. The monoisotopic (exact) mass is 488 g/mol. The number of benzene rings is 2. The highest BCUT2D eigenvalue weighted by atomic mass is 35.5. The van der Waals surface area contributed by atoms with E-state index in [0.717, 1.165) is 11.4 Å². The lowest BCUT2D eigenvalue weighted by molar-refractivity contribution is 0.355. The summed E-state index contributed by atoms with van der Waals surface area (Å²) in [6.07, 6.45) is 0. The second-order valence-electron chi connectivity index (χ2n) is 6.71. The molecule has 2 aromatic carbocycles. The summed E-state index contributed by atoms with van der Waals surface area (Å²) in [5, 5.41) is 12.8. The molecule has 0 fully saturated rings. The minimum absolute atomic E-state index is 0.429. The quantitative estimate of drug-likeness (QED) is 0.383. The van der Waals surface area contributed by atoms with E-state index in [1.165, 1.54) is 11.5 Å². The molecule has 2 heterocycles.